The third kappa shape index (κ3) is 3.20. The van der Waals surface area contributed by atoms with E-state index in [0.29, 0.717) is 45.5 Å². The summed E-state index contributed by atoms with van der Waals surface area (Å²) in [6.07, 6.45) is 6.30. The van der Waals surface area contributed by atoms with Crippen LogP contribution < -0.4 is 5.51 Å². The van der Waals surface area contributed by atoms with E-state index < -0.39 is 8.07 Å². The Bertz CT molecular complexity index is 899. The molecule has 7 heteroatoms. The second-order valence-electron chi connectivity index (χ2n) is 7.75. The van der Waals surface area contributed by atoms with Crippen molar-refractivity contribution in [2.24, 2.45) is 0 Å². The van der Waals surface area contributed by atoms with E-state index in [1.807, 2.05) is 0 Å². The van der Waals surface area contributed by atoms with Gasteiger partial charge >= 0.3 is 0 Å². The predicted molar refractivity (Wildman–Crippen MR) is 108 cm³/mol. The van der Waals surface area contributed by atoms with E-state index in [1.54, 1.807) is 12.3 Å². The Hall–Kier alpha value is -2.41. The number of hydrogen-bond acceptors (Lipinski definition) is 6. The van der Waals surface area contributed by atoms with Gasteiger partial charge in [-0.3, -0.25) is 0 Å². The zero-order valence-electron chi connectivity index (χ0n) is 16.8. The van der Waals surface area contributed by atoms with Crippen molar-refractivity contribution in [1.29, 1.82) is 0 Å². The molecule has 3 aromatic heterocycles. The van der Waals surface area contributed by atoms with E-state index in [4.69, 9.17) is 18.2 Å². The first-order valence-corrected chi connectivity index (χ1v) is 11.5. The van der Waals surface area contributed by atoms with Gasteiger partial charge in [-0.1, -0.05) is 48.1 Å². The third-order valence-electron chi connectivity index (χ3n) is 5.41. The van der Waals surface area contributed by atoms with Crippen molar-refractivity contribution in [2.75, 3.05) is 0 Å². The molecule has 0 N–H and O–H groups in total. The normalized spacial score (nSPS) is 12.5. The molecule has 6 nitrogen and oxygen atoms in total. The Morgan fingerprint density at radius 2 is 1.30 bits per heavy atom. The highest BCUT2D eigenvalue weighted by molar-refractivity contribution is 6.93. The van der Waals surface area contributed by atoms with Crippen LogP contribution in [0.15, 0.2) is 38.6 Å². The first-order valence-electron chi connectivity index (χ1n) is 9.30. The van der Waals surface area contributed by atoms with E-state index in [0.717, 1.165) is 5.51 Å². The standard InChI is InChI=1S/C20H27N3O3Si/c1-8-15-9-24-18(21-15)16-10-25-19(22-16)17-11-26-20(23-17)27(12(2)3,13(4)5)14(6)7/h8-14H,1H2,2-7H3. The molecular weight excluding hydrogens is 358 g/mol. The maximum absolute atomic E-state index is 6.00. The van der Waals surface area contributed by atoms with E-state index in [9.17, 15) is 0 Å². The summed E-state index contributed by atoms with van der Waals surface area (Å²) in [5.41, 5.74) is 4.16. The monoisotopic (exact) mass is 385 g/mol. The molecule has 27 heavy (non-hydrogen) atoms. The Labute approximate surface area is 160 Å². The Balaban J connectivity index is 1.97. The molecule has 3 rings (SSSR count). The molecule has 0 aromatic carbocycles. The van der Waals surface area contributed by atoms with Crippen molar-refractivity contribution >= 4 is 19.7 Å². The molecule has 0 aliphatic carbocycles. The van der Waals surface area contributed by atoms with Crippen LogP contribution in [-0.2, 0) is 0 Å². The Morgan fingerprint density at radius 3 is 1.85 bits per heavy atom. The van der Waals surface area contributed by atoms with Crippen molar-refractivity contribution in [3.05, 3.63) is 31.1 Å². The smallest absolute Gasteiger partial charge is 0.249 e. The first kappa shape index (κ1) is 19.4. The molecular formula is C20H27N3O3Si. The zero-order valence-corrected chi connectivity index (χ0v) is 17.8. The van der Waals surface area contributed by atoms with Gasteiger partial charge in [0, 0.05) is 0 Å². The van der Waals surface area contributed by atoms with Gasteiger partial charge in [0.2, 0.25) is 11.8 Å². The molecule has 0 saturated carbocycles. The molecule has 0 atom stereocenters. The van der Waals surface area contributed by atoms with Crippen LogP contribution in [0.25, 0.3) is 29.2 Å². The summed E-state index contributed by atoms with van der Waals surface area (Å²) < 4.78 is 17.0. The third-order valence-corrected chi connectivity index (χ3v) is 12.1. The van der Waals surface area contributed by atoms with Crippen LogP contribution in [0, 0.1) is 0 Å². The Morgan fingerprint density at radius 1 is 0.778 bits per heavy atom. The maximum Gasteiger partial charge on any atom is 0.249 e. The van der Waals surface area contributed by atoms with Gasteiger partial charge in [0.15, 0.2) is 25.0 Å². The van der Waals surface area contributed by atoms with Gasteiger partial charge in [0.1, 0.15) is 24.5 Å². The fourth-order valence-corrected chi connectivity index (χ4v) is 10.4. The molecule has 0 amide bonds. The van der Waals surface area contributed by atoms with Gasteiger partial charge in [0.25, 0.3) is 0 Å². The van der Waals surface area contributed by atoms with Crippen LogP contribution in [-0.4, -0.2) is 23.0 Å². The summed E-state index contributed by atoms with van der Waals surface area (Å²) in [4.78, 5) is 13.6. The van der Waals surface area contributed by atoms with Crippen molar-refractivity contribution in [3.63, 3.8) is 0 Å². The highest BCUT2D eigenvalue weighted by atomic mass is 28.3. The highest BCUT2D eigenvalue weighted by Crippen LogP contribution is 2.41. The fraction of sp³-hybridized carbons (Fsp3) is 0.450. The summed E-state index contributed by atoms with van der Waals surface area (Å²) in [5, 5.41) is 0. The highest BCUT2D eigenvalue weighted by Gasteiger charge is 2.49. The molecule has 0 aliphatic rings. The van der Waals surface area contributed by atoms with E-state index in [1.165, 1.54) is 12.5 Å². The van der Waals surface area contributed by atoms with Gasteiger partial charge in [0.05, 0.1) is 0 Å². The van der Waals surface area contributed by atoms with Crippen molar-refractivity contribution in [1.82, 2.24) is 15.0 Å². The molecule has 144 valence electrons. The van der Waals surface area contributed by atoms with Crippen molar-refractivity contribution in [3.8, 4) is 23.2 Å². The van der Waals surface area contributed by atoms with Crippen LogP contribution in [0.4, 0.5) is 0 Å². The number of nitrogens with zero attached hydrogens (tertiary/aromatic N) is 3. The van der Waals surface area contributed by atoms with Crippen LogP contribution in [0.2, 0.25) is 16.6 Å². The topological polar surface area (TPSA) is 78.1 Å². The summed E-state index contributed by atoms with van der Waals surface area (Å²) in [5.74, 6) is 0.788. The lowest BCUT2D eigenvalue weighted by atomic mass is 10.4. The fourth-order valence-electron chi connectivity index (χ4n) is 4.30. The molecule has 0 radical (unpaired) electrons. The number of rotatable bonds is 7. The summed E-state index contributed by atoms with van der Waals surface area (Å²) in [6, 6.07) is 0. The summed E-state index contributed by atoms with van der Waals surface area (Å²) in [6.45, 7) is 17.3. The molecule has 0 spiro atoms. The summed E-state index contributed by atoms with van der Waals surface area (Å²) in [7, 11) is -1.96. The number of oxazole rings is 3. The van der Waals surface area contributed by atoms with Gasteiger partial charge in [-0.05, 0) is 22.7 Å². The summed E-state index contributed by atoms with van der Waals surface area (Å²) >= 11 is 0. The second kappa shape index (κ2) is 7.30. The minimum absolute atomic E-state index is 0.388. The average molecular weight is 386 g/mol. The minimum atomic E-state index is -1.96. The predicted octanol–water partition coefficient (Wildman–Crippen LogP) is 5.51. The van der Waals surface area contributed by atoms with Crippen molar-refractivity contribution < 1.29 is 13.3 Å². The SMILES string of the molecule is C=Cc1coc(-c2coc(-c3coc([Si](C(C)C)(C(C)C)C(C)C)n3)n2)n1. The van der Waals surface area contributed by atoms with Gasteiger partial charge < -0.3 is 13.3 Å². The lowest BCUT2D eigenvalue weighted by molar-refractivity contribution is 0.560. The van der Waals surface area contributed by atoms with Gasteiger partial charge in [-0.2, -0.15) is 0 Å². The maximum atomic E-state index is 6.00. The molecule has 0 bridgehead atoms. The molecule has 0 unspecified atom stereocenters. The minimum Gasteiger partial charge on any atom is -0.453 e. The van der Waals surface area contributed by atoms with Crippen LogP contribution in [0.5, 0.6) is 0 Å². The van der Waals surface area contributed by atoms with Gasteiger partial charge in [-0.15, -0.1) is 0 Å². The lowest BCUT2D eigenvalue weighted by Crippen LogP contribution is -2.56. The van der Waals surface area contributed by atoms with Crippen LogP contribution in [0.3, 0.4) is 0 Å². The van der Waals surface area contributed by atoms with E-state index >= 15 is 0 Å². The Kier molecular flexibility index (Phi) is 5.24. The van der Waals surface area contributed by atoms with Crippen LogP contribution in [0.1, 0.15) is 47.2 Å². The van der Waals surface area contributed by atoms with Gasteiger partial charge in [-0.25, -0.2) is 15.0 Å². The molecule has 3 aromatic rings. The zero-order chi connectivity index (χ0) is 19.8. The lowest BCUT2D eigenvalue weighted by Gasteiger charge is -2.39. The quantitative estimate of drug-likeness (QED) is 0.499. The molecule has 0 saturated heterocycles. The number of aromatic nitrogens is 3. The molecule has 0 aliphatic heterocycles. The average Bonchev–Trinajstić information content (AvgIpc) is 3.34. The second-order valence-corrected chi connectivity index (χ2v) is 13.5. The molecule has 0 fully saturated rings. The van der Waals surface area contributed by atoms with E-state index in [2.05, 4.69) is 58.1 Å². The first-order chi connectivity index (χ1) is 12.8. The van der Waals surface area contributed by atoms with Crippen LogP contribution >= 0.6 is 0 Å². The van der Waals surface area contributed by atoms with E-state index in [-0.39, 0.29) is 0 Å². The molecule has 3 heterocycles. The number of hydrogen-bond donors (Lipinski definition) is 0. The largest absolute Gasteiger partial charge is 0.453 e. The van der Waals surface area contributed by atoms with Crippen molar-refractivity contribution in [2.45, 2.75) is 58.2 Å².